The number of benzene rings is 1. The van der Waals surface area contributed by atoms with Crippen molar-refractivity contribution < 1.29 is 9.53 Å². The largest absolute Gasteiger partial charge is 0.492 e. The highest BCUT2D eigenvalue weighted by Gasteiger charge is 2.25. The van der Waals surface area contributed by atoms with Gasteiger partial charge in [0.05, 0.1) is 18.2 Å². The van der Waals surface area contributed by atoms with Gasteiger partial charge in [-0.15, -0.1) is 0 Å². The molecule has 0 saturated heterocycles. The fourth-order valence-electron chi connectivity index (χ4n) is 3.10. The zero-order valence-electron chi connectivity index (χ0n) is 13.5. The highest BCUT2D eigenvalue weighted by Crippen LogP contribution is 2.26. The van der Waals surface area contributed by atoms with E-state index >= 15 is 0 Å². The van der Waals surface area contributed by atoms with Crippen LogP contribution in [0.5, 0.6) is 5.75 Å². The SMILES string of the molecule is Cc1cccc2nc(CNC(=O)C3COc4ccccc4C3)cn12. The number of pyridine rings is 1. The van der Waals surface area contributed by atoms with Gasteiger partial charge in [-0.05, 0) is 37.1 Å². The minimum absolute atomic E-state index is 0.0123. The smallest absolute Gasteiger partial charge is 0.227 e. The molecule has 0 radical (unpaired) electrons. The number of imidazole rings is 1. The lowest BCUT2D eigenvalue weighted by molar-refractivity contribution is -0.126. The Morgan fingerprint density at radius 2 is 2.17 bits per heavy atom. The van der Waals surface area contributed by atoms with Crippen LogP contribution in [-0.4, -0.2) is 21.9 Å². The van der Waals surface area contributed by atoms with Crippen LogP contribution in [0.25, 0.3) is 5.65 Å². The van der Waals surface area contributed by atoms with Crippen molar-refractivity contribution in [3.8, 4) is 5.75 Å². The predicted octanol–water partition coefficient (Wildman–Crippen LogP) is 2.51. The van der Waals surface area contributed by atoms with E-state index in [-0.39, 0.29) is 11.8 Å². The molecule has 4 rings (SSSR count). The van der Waals surface area contributed by atoms with Crippen LogP contribution in [0.15, 0.2) is 48.7 Å². The maximum absolute atomic E-state index is 12.4. The first-order valence-corrected chi connectivity index (χ1v) is 8.13. The maximum atomic E-state index is 12.4. The summed E-state index contributed by atoms with van der Waals surface area (Å²) in [6, 6.07) is 13.9. The standard InChI is InChI=1S/C19H19N3O2/c1-13-5-4-8-18-21-16(11-22(13)18)10-20-19(23)15-9-14-6-2-3-7-17(14)24-12-15/h2-8,11,15H,9-10,12H2,1H3,(H,20,23). The fraction of sp³-hybridized carbons (Fsp3) is 0.263. The van der Waals surface area contributed by atoms with Crippen molar-refractivity contribution in [3.63, 3.8) is 0 Å². The van der Waals surface area contributed by atoms with E-state index in [0.29, 0.717) is 19.6 Å². The second kappa shape index (κ2) is 6.00. The molecule has 0 fully saturated rings. The average Bonchev–Trinajstić information content (AvgIpc) is 3.04. The van der Waals surface area contributed by atoms with E-state index < -0.39 is 0 Å². The first-order chi connectivity index (χ1) is 11.7. The molecule has 1 aliphatic heterocycles. The molecule has 122 valence electrons. The Morgan fingerprint density at radius 3 is 3.04 bits per heavy atom. The minimum Gasteiger partial charge on any atom is -0.492 e. The number of carbonyl (C=O) groups is 1. The summed E-state index contributed by atoms with van der Waals surface area (Å²) in [6.45, 7) is 2.89. The van der Waals surface area contributed by atoms with Gasteiger partial charge in [0.2, 0.25) is 5.91 Å². The molecule has 5 heteroatoms. The number of carbonyl (C=O) groups excluding carboxylic acids is 1. The van der Waals surface area contributed by atoms with Crippen LogP contribution in [0.4, 0.5) is 0 Å². The summed E-state index contributed by atoms with van der Waals surface area (Å²) in [5.74, 6) is 0.745. The molecule has 2 aromatic heterocycles. The number of hydrogen-bond acceptors (Lipinski definition) is 3. The van der Waals surface area contributed by atoms with E-state index in [4.69, 9.17) is 4.74 Å². The Morgan fingerprint density at radius 1 is 1.29 bits per heavy atom. The van der Waals surface area contributed by atoms with Gasteiger partial charge in [0.25, 0.3) is 0 Å². The lowest BCUT2D eigenvalue weighted by Gasteiger charge is -2.24. The van der Waals surface area contributed by atoms with Crippen molar-refractivity contribution in [3.05, 3.63) is 65.6 Å². The topological polar surface area (TPSA) is 55.6 Å². The van der Waals surface area contributed by atoms with Crippen molar-refractivity contribution in [1.29, 1.82) is 0 Å². The summed E-state index contributed by atoms with van der Waals surface area (Å²) in [5.41, 5.74) is 3.96. The monoisotopic (exact) mass is 321 g/mol. The molecule has 0 bridgehead atoms. The number of para-hydroxylation sites is 1. The average molecular weight is 321 g/mol. The molecular weight excluding hydrogens is 302 g/mol. The van der Waals surface area contributed by atoms with Crippen LogP contribution in [0, 0.1) is 12.8 Å². The van der Waals surface area contributed by atoms with Gasteiger partial charge in [0.1, 0.15) is 18.0 Å². The van der Waals surface area contributed by atoms with E-state index in [1.54, 1.807) is 0 Å². The second-order valence-electron chi connectivity index (χ2n) is 6.17. The summed E-state index contributed by atoms with van der Waals surface area (Å²) < 4.78 is 7.72. The Bertz CT molecular complexity index is 901. The molecule has 0 aliphatic carbocycles. The first kappa shape index (κ1) is 14.8. The van der Waals surface area contributed by atoms with E-state index in [9.17, 15) is 4.79 Å². The molecule has 24 heavy (non-hydrogen) atoms. The first-order valence-electron chi connectivity index (χ1n) is 8.13. The summed E-state index contributed by atoms with van der Waals surface area (Å²) in [6.07, 6.45) is 2.68. The number of nitrogens with one attached hydrogen (secondary N) is 1. The van der Waals surface area contributed by atoms with Crippen LogP contribution in [0.1, 0.15) is 17.0 Å². The van der Waals surface area contributed by atoms with Crippen LogP contribution < -0.4 is 10.1 Å². The van der Waals surface area contributed by atoms with Crippen LogP contribution in [-0.2, 0) is 17.8 Å². The van der Waals surface area contributed by atoms with Gasteiger partial charge < -0.3 is 14.5 Å². The molecule has 1 unspecified atom stereocenters. The van der Waals surface area contributed by atoms with Gasteiger partial charge in [-0.3, -0.25) is 4.79 Å². The molecule has 0 saturated carbocycles. The molecular formula is C19H19N3O2. The third-order valence-corrected chi connectivity index (χ3v) is 4.44. The lowest BCUT2D eigenvalue weighted by Crippen LogP contribution is -2.37. The minimum atomic E-state index is -0.154. The van der Waals surface area contributed by atoms with Gasteiger partial charge in [-0.2, -0.15) is 0 Å². The fourth-order valence-corrected chi connectivity index (χ4v) is 3.10. The number of hydrogen-bond donors (Lipinski definition) is 1. The second-order valence-corrected chi connectivity index (χ2v) is 6.17. The molecule has 1 aromatic carbocycles. The van der Waals surface area contributed by atoms with Crippen molar-refractivity contribution in [2.75, 3.05) is 6.61 Å². The molecule has 3 aromatic rings. The van der Waals surface area contributed by atoms with Crippen molar-refractivity contribution in [1.82, 2.24) is 14.7 Å². The van der Waals surface area contributed by atoms with Crippen LogP contribution in [0.3, 0.4) is 0 Å². The summed E-state index contributed by atoms with van der Waals surface area (Å²) in [7, 11) is 0. The van der Waals surface area contributed by atoms with E-state index in [1.807, 2.05) is 60.0 Å². The Balaban J connectivity index is 1.42. The highest BCUT2D eigenvalue weighted by molar-refractivity contribution is 5.79. The molecule has 3 heterocycles. The number of rotatable bonds is 3. The van der Waals surface area contributed by atoms with Gasteiger partial charge in [0.15, 0.2) is 0 Å². The summed E-state index contributed by atoms with van der Waals surface area (Å²) in [4.78, 5) is 17.0. The Labute approximate surface area is 140 Å². The quantitative estimate of drug-likeness (QED) is 0.806. The van der Waals surface area contributed by atoms with Gasteiger partial charge >= 0.3 is 0 Å². The number of aromatic nitrogens is 2. The summed E-state index contributed by atoms with van der Waals surface area (Å²) >= 11 is 0. The molecule has 0 spiro atoms. The lowest BCUT2D eigenvalue weighted by atomic mass is 9.96. The normalized spacial score (nSPS) is 16.5. The van der Waals surface area contributed by atoms with Gasteiger partial charge in [-0.25, -0.2) is 4.98 Å². The highest BCUT2D eigenvalue weighted by atomic mass is 16.5. The van der Waals surface area contributed by atoms with Crippen molar-refractivity contribution in [2.45, 2.75) is 19.9 Å². The van der Waals surface area contributed by atoms with Gasteiger partial charge in [-0.1, -0.05) is 24.3 Å². The number of amides is 1. The molecule has 1 aliphatic rings. The number of aryl methyl sites for hydroxylation is 1. The molecule has 1 amide bonds. The van der Waals surface area contributed by atoms with Crippen molar-refractivity contribution >= 4 is 11.6 Å². The third-order valence-electron chi connectivity index (χ3n) is 4.44. The zero-order chi connectivity index (χ0) is 16.5. The summed E-state index contributed by atoms with van der Waals surface area (Å²) in [5, 5.41) is 2.99. The Kier molecular flexibility index (Phi) is 3.69. The van der Waals surface area contributed by atoms with E-state index in [1.165, 1.54) is 0 Å². The Hall–Kier alpha value is -2.82. The molecule has 1 N–H and O–H groups in total. The van der Waals surface area contributed by atoms with Crippen LogP contribution >= 0.6 is 0 Å². The van der Waals surface area contributed by atoms with Crippen LogP contribution in [0.2, 0.25) is 0 Å². The zero-order valence-corrected chi connectivity index (χ0v) is 13.5. The predicted molar refractivity (Wildman–Crippen MR) is 90.9 cm³/mol. The van der Waals surface area contributed by atoms with Crippen molar-refractivity contribution in [2.24, 2.45) is 5.92 Å². The third kappa shape index (κ3) is 2.73. The van der Waals surface area contributed by atoms with Gasteiger partial charge in [0, 0.05) is 11.9 Å². The molecule has 1 atom stereocenters. The van der Waals surface area contributed by atoms with E-state index in [2.05, 4.69) is 10.3 Å². The van der Waals surface area contributed by atoms with E-state index in [0.717, 1.165) is 28.3 Å². The molecule has 5 nitrogen and oxygen atoms in total. The number of nitrogens with zero attached hydrogens (tertiary/aromatic N) is 2. The number of ether oxygens (including phenoxy) is 1. The maximum Gasteiger partial charge on any atom is 0.227 e. The number of fused-ring (bicyclic) bond motifs is 2.